The average molecular weight is 305 g/mol. The largest absolute Gasteiger partial charge is 0.507 e. The number of methoxy groups -OCH3 is 1. The van der Waals surface area contributed by atoms with Crippen LogP contribution in [0.3, 0.4) is 0 Å². The van der Waals surface area contributed by atoms with Gasteiger partial charge in [-0.25, -0.2) is 9.78 Å². The van der Waals surface area contributed by atoms with Crippen molar-refractivity contribution in [3.05, 3.63) is 30.0 Å². The molecule has 0 atom stereocenters. The summed E-state index contributed by atoms with van der Waals surface area (Å²) in [7, 11) is 1.23. The minimum atomic E-state index is -0.895. The summed E-state index contributed by atoms with van der Waals surface area (Å²) in [4.78, 5) is 26.1. The molecule has 7 heteroatoms. The maximum absolute atomic E-state index is 11.5. The zero-order valence-corrected chi connectivity index (χ0v) is 11.9. The van der Waals surface area contributed by atoms with Crippen LogP contribution in [-0.4, -0.2) is 40.9 Å². The molecule has 116 valence electrons. The first-order valence-corrected chi connectivity index (χ1v) is 6.58. The molecule has 1 aromatic carbocycles. The number of carbonyl (C=O) groups excluding carboxylic acids is 1. The van der Waals surface area contributed by atoms with E-state index in [1.54, 1.807) is 18.2 Å². The molecular formula is C15H15NO6. The van der Waals surface area contributed by atoms with Crippen molar-refractivity contribution in [2.45, 2.75) is 12.8 Å². The van der Waals surface area contributed by atoms with Gasteiger partial charge in [0.1, 0.15) is 11.5 Å². The van der Waals surface area contributed by atoms with E-state index in [2.05, 4.69) is 9.72 Å². The molecular weight excluding hydrogens is 290 g/mol. The van der Waals surface area contributed by atoms with E-state index in [1.165, 1.54) is 13.2 Å². The van der Waals surface area contributed by atoms with E-state index in [0.717, 1.165) is 0 Å². The molecule has 22 heavy (non-hydrogen) atoms. The summed E-state index contributed by atoms with van der Waals surface area (Å²) in [6.07, 6.45) is 0.349. The molecule has 0 spiro atoms. The molecule has 0 fully saturated rings. The Morgan fingerprint density at radius 1 is 1.32 bits per heavy atom. The highest BCUT2D eigenvalue weighted by molar-refractivity contribution is 5.96. The lowest BCUT2D eigenvalue weighted by molar-refractivity contribution is -0.137. The highest BCUT2D eigenvalue weighted by atomic mass is 16.5. The smallest absolute Gasteiger partial charge is 0.356 e. The van der Waals surface area contributed by atoms with Crippen LogP contribution in [0.1, 0.15) is 23.3 Å². The number of nitrogens with zero attached hydrogens (tertiary/aromatic N) is 1. The third-order valence-electron chi connectivity index (χ3n) is 2.96. The molecule has 0 amide bonds. The first-order valence-electron chi connectivity index (χ1n) is 6.58. The van der Waals surface area contributed by atoms with E-state index < -0.39 is 11.9 Å². The standard InChI is InChI=1S/C15H15NO6/c1-21-15(20)10-8-11(17)14-9(16-10)4-2-5-12(14)22-7-3-6-13(18)19/h2,4-5,8H,3,6-7H2,1H3,(H,16,17)(H,18,19). The molecule has 0 radical (unpaired) electrons. The van der Waals surface area contributed by atoms with Crippen molar-refractivity contribution in [1.29, 1.82) is 0 Å². The Hall–Kier alpha value is -2.83. The number of ether oxygens (including phenoxy) is 2. The Morgan fingerprint density at radius 2 is 2.09 bits per heavy atom. The second kappa shape index (κ2) is 6.75. The molecule has 2 rings (SSSR count). The second-order valence-corrected chi connectivity index (χ2v) is 4.51. The summed E-state index contributed by atoms with van der Waals surface area (Å²) in [6.45, 7) is 0.198. The number of carboxylic acid groups (broad SMARTS) is 1. The third kappa shape index (κ3) is 3.43. The highest BCUT2D eigenvalue weighted by Crippen LogP contribution is 2.33. The number of esters is 1. The SMILES string of the molecule is COC(=O)c1cc(O)c2c(OCCCC(=O)O)cccc2n1. The van der Waals surface area contributed by atoms with Crippen molar-refractivity contribution >= 4 is 22.8 Å². The lowest BCUT2D eigenvalue weighted by atomic mass is 10.1. The number of carbonyl (C=O) groups is 2. The van der Waals surface area contributed by atoms with Crippen LogP contribution in [0.2, 0.25) is 0 Å². The Labute approximate surface area is 126 Å². The lowest BCUT2D eigenvalue weighted by Gasteiger charge is -2.10. The Bertz CT molecular complexity index is 712. The molecule has 0 saturated heterocycles. The first kappa shape index (κ1) is 15.6. The van der Waals surface area contributed by atoms with Crippen molar-refractivity contribution in [2.24, 2.45) is 0 Å². The molecule has 0 unspecified atom stereocenters. The van der Waals surface area contributed by atoms with Gasteiger partial charge in [-0.05, 0) is 18.6 Å². The minimum Gasteiger partial charge on any atom is -0.507 e. The predicted octanol–water partition coefficient (Wildman–Crippen LogP) is 1.97. The van der Waals surface area contributed by atoms with Crippen LogP contribution in [0.25, 0.3) is 10.9 Å². The van der Waals surface area contributed by atoms with Gasteiger partial charge in [0.2, 0.25) is 0 Å². The van der Waals surface area contributed by atoms with Gasteiger partial charge in [-0.1, -0.05) is 6.07 Å². The number of hydrogen-bond acceptors (Lipinski definition) is 6. The fourth-order valence-electron chi connectivity index (χ4n) is 1.97. The number of fused-ring (bicyclic) bond motifs is 1. The summed E-state index contributed by atoms with van der Waals surface area (Å²) >= 11 is 0. The first-order chi connectivity index (χ1) is 10.5. The second-order valence-electron chi connectivity index (χ2n) is 4.51. The maximum Gasteiger partial charge on any atom is 0.356 e. The molecule has 0 saturated carbocycles. The molecule has 2 N–H and O–H groups in total. The summed E-state index contributed by atoms with van der Waals surface area (Å²) in [5.41, 5.74) is 0.381. The highest BCUT2D eigenvalue weighted by Gasteiger charge is 2.15. The fraction of sp³-hybridized carbons (Fsp3) is 0.267. The number of rotatable bonds is 6. The molecule has 0 aliphatic heterocycles. The van der Waals surface area contributed by atoms with Crippen molar-refractivity contribution in [3.63, 3.8) is 0 Å². The lowest BCUT2D eigenvalue weighted by Crippen LogP contribution is -2.05. The quantitative estimate of drug-likeness (QED) is 0.620. The van der Waals surface area contributed by atoms with Gasteiger partial charge >= 0.3 is 11.9 Å². The molecule has 0 aliphatic rings. The summed E-state index contributed by atoms with van der Waals surface area (Å²) in [5.74, 6) is -1.32. The van der Waals surface area contributed by atoms with Crippen LogP contribution in [0.5, 0.6) is 11.5 Å². The Morgan fingerprint density at radius 3 is 2.77 bits per heavy atom. The van der Waals surface area contributed by atoms with Gasteiger partial charge in [-0.2, -0.15) is 0 Å². The van der Waals surface area contributed by atoms with Gasteiger partial charge < -0.3 is 19.7 Å². The number of aromatic hydroxyl groups is 1. The van der Waals surface area contributed by atoms with Gasteiger partial charge in [0.25, 0.3) is 0 Å². The van der Waals surface area contributed by atoms with E-state index >= 15 is 0 Å². The van der Waals surface area contributed by atoms with E-state index in [1.807, 2.05) is 0 Å². The van der Waals surface area contributed by atoms with Crippen LogP contribution in [0.15, 0.2) is 24.3 Å². The van der Waals surface area contributed by atoms with Crippen LogP contribution in [0.4, 0.5) is 0 Å². The number of benzene rings is 1. The summed E-state index contributed by atoms with van der Waals surface area (Å²) in [6, 6.07) is 6.15. The topological polar surface area (TPSA) is 106 Å². The number of aliphatic carboxylic acids is 1. The zero-order chi connectivity index (χ0) is 16.1. The normalized spacial score (nSPS) is 10.4. The van der Waals surface area contributed by atoms with Crippen LogP contribution in [-0.2, 0) is 9.53 Å². The van der Waals surface area contributed by atoms with Gasteiger partial charge in [-0.15, -0.1) is 0 Å². The summed E-state index contributed by atoms with van der Waals surface area (Å²) in [5, 5.41) is 19.0. The van der Waals surface area contributed by atoms with Crippen molar-refractivity contribution in [3.8, 4) is 11.5 Å². The van der Waals surface area contributed by atoms with E-state index in [-0.39, 0.29) is 24.5 Å². The van der Waals surface area contributed by atoms with Gasteiger partial charge in [-0.3, -0.25) is 4.79 Å². The third-order valence-corrected chi connectivity index (χ3v) is 2.96. The van der Waals surface area contributed by atoms with E-state index in [0.29, 0.717) is 23.1 Å². The molecule has 2 aromatic rings. The minimum absolute atomic E-state index is 0.00148. The van der Waals surface area contributed by atoms with Crippen LogP contribution < -0.4 is 4.74 Å². The van der Waals surface area contributed by atoms with Crippen molar-refractivity contribution in [1.82, 2.24) is 4.98 Å². The Kier molecular flexibility index (Phi) is 4.77. The molecule has 1 aromatic heterocycles. The molecule has 1 heterocycles. The van der Waals surface area contributed by atoms with Crippen LogP contribution >= 0.6 is 0 Å². The number of aromatic nitrogens is 1. The predicted molar refractivity (Wildman–Crippen MR) is 77.1 cm³/mol. The maximum atomic E-state index is 11.5. The van der Waals surface area contributed by atoms with Gasteiger partial charge in [0, 0.05) is 12.5 Å². The van der Waals surface area contributed by atoms with E-state index in [9.17, 15) is 14.7 Å². The van der Waals surface area contributed by atoms with Gasteiger partial charge in [0.05, 0.1) is 24.6 Å². The van der Waals surface area contributed by atoms with Crippen LogP contribution in [0, 0.1) is 0 Å². The average Bonchev–Trinajstić information content (AvgIpc) is 2.50. The van der Waals surface area contributed by atoms with E-state index in [4.69, 9.17) is 9.84 Å². The number of hydrogen-bond donors (Lipinski definition) is 2. The van der Waals surface area contributed by atoms with Crippen molar-refractivity contribution in [2.75, 3.05) is 13.7 Å². The summed E-state index contributed by atoms with van der Waals surface area (Å²) < 4.78 is 10.1. The van der Waals surface area contributed by atoms with Crippen molar-refractivity contribution < 1.29 is 29.3 Å². The molecule has 7 nitrogen and oxygen atoms in total. The number of pyridine rings is 1. The molecule has 0 bridgehead atoms. The Balaban J connectivity index is 2.28. The number of carboxylic acids is 1. The molecule has 0 aliphatic carbocycles. The monoisotopic (exact) mass is 305 g/mol. The van der Waals surface area contributed by atoms with Gasteiger partial charge in [0.15, 0.2) is 5.69 Å². The fourth-order valence-corrected chi connectivity index (χ4v) is 1.97. The zero-order valence-electron chi connectivity index (χ0n) is 11.9.